The van der Waals surface area contributed by atoms with E-state index in [1.54, 1.807) is 6.07 Å². The number of benzene rings is 1. The lowest BCUT2D eigenvalue weighted by Gasteiger charge is -2.19. The summed E-state index contributed by atoms with van der Waals surface area (Å²) < 4.78 is 13.7. The number of hydrogen-bond acceptors (Lipinski definition) is 2. The van der Waals surface area contributed by atoms with Gasteiger partial charge in [-0.2, -0.15) is 0 Å². The number of amides is 1. The average molecular weight is 267 g/mol. The summed E-state index contributed by atoms with van der Waals surface area (Å²) in [4.78, 5) is 22.9. The molecule has 104 valence electrons. The highest BCUT2D eigenvalue weighted by Gasteiger charge is 2.26. The van der Waals surface area contributed by atoms with Crippen LogP contribution in [0, 0.1) is 5.82 Å². The molecule has 0 heterocycles. The maximum atomic E-state index is 13.7. The molecule has 2 unspecified atom stereocenters. The van der Waals surface area contributed by atoms with Crippen molar-refractivity contribution in [2.45, 2.75) is 38.6 Å². The van der Waals surface area contributed by atoms with Crippen LogP contribution in [0.2, 0.25) is 0 Å². The molecule has 0 saturated heterocycles. The number of aliphatic carboxylic acids is 1. The van der Waals surface area contributed by atoms with Crippen LogP contribution in [0.5, 0.6) is 0 Å². The molecule has 0 aliphatic carbocycles. The maximum absolute atomic E-state index is 13.7. The zero-order valence-electron chi connectivity index (χ0n) is 11.0. The fraction of sp³-hybridized carbons (Fsp3) is 0.429. The number of rotatable bonds is 6. The molecule has 0 radical (unpaired) electrons. The van der Waals surface area contributed by atoms with E-state index in [-0.39, 0.29) is 11.6 Å². The van der Waals surface area contributed by atoms with Gasteiger partial charge in [-0.05, 0) is 19.4 Å². The third kappa shape index (κ3) is 4.35. The lowest BCUT2D eigenvalue weighted by Crippen LogP contribution is -2.37. The van der Waals surface area contributed by atoms with Gasteiger partial charge in [-0.15, -0.1) is 0 Å². The van der Waals surface area contributed by atoms with Crippen molar-refractivity contribution in [2.24, 2.45) is 0 Å². The first-order valence-corrected chi connectivity index (χ1v) is 6.22. The minimum Gasteiger partial charge on any atom is -0.481 e. The van der Waals surface area contributed by atoms with Gasteiger partial charge in [0.25, 0.3) is 0 Å². The van der Waals surface area contributed by atoms with E-state index in [0.29, 0.717) is 0 Å². The van der Waals surface area contributed by atoms with E-state index in [1.165, 1.54) is 18.2 Å². The normalized spacial score (nSPS) is 13.6. The van der Waals surface area contributed by atoms with E-state index in [4.69, 9.17) is 5.11 Å². The number of carbonyl (C=O) groups is 2. The highest BCUT2D eigenvalue weighted by atomic mass is 19.1. The summed E-state index contributed by atoms with van der Waals surface area (Å²) in [6.07, 6.45) is 0.298. The quantitative estimate of drug-likeness (QED) is 0.831. The molecule has 2 atom stereocenters. The van der Waals surface area contributed by atoms with Gasteiger partial charge in [-0.1, -0.05) is 25.1 Å². The summed E-state index contributed by atoms with van der Waals surface area (Å²) in [5, 5.41) is 11.6. The standard InChI is InChI=1S/C14H18FNO3/c1-3-9(2)16-14(19)11(8-13(17)18)10-6-4-5-7-12(10)15/h4-7,9,11H,3,8H2,1-2H3,(H,16,19)(H,17,18). The van der Waals surface area contributed by atoms with Crippen LogP contribution in [0.3, 0.4) is 0 Å². The Hall–Kier alpha value is -1.91. The van der Waals surface area contributed by atoms with Crippen LogP contribution < -0.4 is 5.32 Å². The molecule has 0 saturated carbocycles. The lowest BCUT2D eigenvalue weighted by atomic mass is 9.94. The van der Waals surface area contributed by atoms with Gasteiger partial charge >= 0.3 is 5.97 Å². The molecule has 19 heavy (non-hydrogen) atoms. The summed E-state index contributed by atoms with van der Waals surface area (Å²) in [7, 11) is 0. The molecule has 1 rings (SSSR count). The second-order valence-electron chi connectivity index (χ2n) is 4.49. The highest BCUT2D eigenvalue weighted by Crippen LogP contribution is 2.23. The van der Waals surface area contributed by atoms with Crippen molar-refractivity contribution >= 4 is 11.9 Å². The zero-order chi connectivity index (χ0) is 14.4. The predicted octanol–water partition coefficient (Wildman–Crippen LogP) is 2.30. The Balaban J connectivity index is 2.98. The van der Waals surface area contributed by atoms with Gasteiger partial charge < -0.3 is 10.4 Å². The molecule has 2 N–H and O–H groups in total. The second-order valence-corrected chi connectivity index (χ2v) is 4.49. The SMILES string of the molecule is CCC(C)NC(=O)C(CC(=O)O)c1ccccc1F. The van der Waals surface area contributed by atoms with E-state index < -0.39 is 30.0 Å². The molecule has 4 nitrogen and oxygen atoms in total. The smallest absolute Gasteiger partial charge is 0.304 e. The average Bonchev–Trinajstić information content (AvgIpc) is 2.36. The Labute approximate surface area is 111 Å². The summed E-state index contributed by atoms with van der Waals surface area (Å²) in [5.74, 6) is -3.16. The monoisotopic (exact) mass is 267 g/mol. The summed E-state index contributed by atoms with van der Waals surface area (Å²) in [6.45, 7) is 3.72. The number of halogens is 1. The highest BCUT2D eigenvalue weighted by molar-refractivity contribution is 5.88. The molecule has 0 aromatic heterocycles. The van der Waals surface area contributed by atoms with Gasteiger partial charge in [0, 0.05) is 11.6 Å². The van der Waals surface area contributed by atoms with Crippen molar-refractivity contribution in [3.63, 3.8) is 0 Å². The number of nitrogens with one attached hydrogen (secondary N) is 1. The lowest BCUT2D eigenvalue weighted by molar-refractivity contribution is -0.139. The van der Waals surface area contributed by atoms with Crippen LogP contribution in [0.25, 0.3) is 0 Å². The number of hydrogen-bond donors (Lipinski definition) is 2. The molecule has 1 aromatic rings. The Morgan fingerprint density at radius 2 is 2.00 bits per heavy atom. The van der Waals surface area contributed by atoms with Crippen LogP contribution in [-0.2, 0) is 9.59 Å². The summed E-state index contributed by atoms with van der Waals surface area (Å²) >= 11 is 0. The molecular weight excluding hydrogens is 249 g/mol. The fourth-order valence-corrected chi connectivity index (χ4v) is 1.72. The van der Waals surface area contributed by atoms with Crippen LogP contribution in [-0.4, -0.2) is 23.0 Å². The minimum absolute atomic E-state index is 0.0735. The van der Waals surface area contributed by atoms with Gasteiger partial charge in [0.2, 0.25) is 5.91 Å². The number of carboxylic acid groups (broad SMARTS) is 1. The van der Waals surface area contributed by atoms with E-state index in [9.17, 15) is 14.0 Å². The molecular formula is C14H18FNO3. The Kier molecular flexibility index (Phi) is 5.48. The Morgan fingerprint density at radius 1 is 1.37 bits per heavy atom. The van der Waals surface area contributed by atoms with Gasteiger partial charge in [-0.3, -0.25) is 9.59 Å². The first kappa shape index (κ1) is 15.1. The van der Waals surface area contributed by atoms with Crippen molar-refractivity contribution in [1.29, 1.82) is 0 Å². The minimum atomic E-state index is -1.13. The molecule has 0 spiro atoms. The predicted molar refractivity (Wildman–Crippen MR) is 69.3 cm³/mol. The largest absolute Gasteiger partial charge is 0.481 e. The van der Waals surface area contributed by atoms with Gasteiger partial charge in [0.1, 0.15) is 5.82 Å². The topological polar surface area (TPSA) is 66.4 Å². The van der Waals surface area contributed by atoms with Gasteiger partial charge in [0.05, 0.1) is 12.3 Å². The molecule has 5 heteroatoms. The van der Waals surface area contributed by atoms with E-state index >= 15 is 0 Å². The van der Waals surface area contributed by atoms with E-state index in [1.807, 2.05) is 13.8 Å². The van der Waals surface area contributed by atoms with Gasteiger partial charge in [0.15, 0.2) is 0 Å². The molecule has 1 amide bonds. The molecule has 1 aromatic carbocycles. The number of carbonyl (C=O) groups excluding carboxylic acids is 1. The third-order valence-electron chi connectivity index (χ3n) is 2.98. The van der Waals surface area contributed by atoms with Crippen molar-refractivity contribution in [3.05, 3.63) is 35.6 Å². The molecule has 0 fully saturated rings. The van der Waals surface area contributed by atoms with E-state index in [0.717, 1.165) is 6.42 Å². The van der Waals surface area contributed by atoms with Crippen molar-refractivity contribution in [3.8, 4) is 0 Å². The van der Waals surface area contributed by atoms with Crippen LogP contribution in [0.1, 0.15) is 38.2 Å². The van der Waals surface area contributed by atoms with Gasteiger partial charge in [-0.25, -0.2) is 4.39 Å². The first-order valence-electron chi connectivity index (χ1n) is 6.22. The Bertz CT molecular complexity index is 462. The van der Waals surface area contributed by atoms with Crippen molar-refractivity contribution < 1.29 is 19.1 Å². The Morgan fingerprint density at radius 3 is 2.53 bits per heavy atom. The van der Waals surface area contributed by atoms with Crippen LogP contribution in [0.15, 0.2) is 24.3 Å². The third-order valence-corrected chi connectivity index (χ3v) is 2.98. The summed E-state index contributed by atoms with van der Waals surface area (Å²) in [6, 6.07) is 5.68. The fourth-order valence-electron chi connectivity index (χ4n) is 1.72. The second kappa shape index (κ2) is 6.87. The van der Waals surface area contributed by atoms with Crippen molar-refractivity contribution in [1.82, 2.24) is 5.32 Å². The molecule has 0 aliphatic heterocycles. The van der Waals surface area contributed by atoms with Crippen LogP contribution >= 0.6 is 0 Å². The first-order chi connectivity index (χ1) is 8.95. The van der Waals surface area contributed by atoms with Crippen molar-refractivity contribution in [2.75, 3.05) is 0 Å². The zero-order valence-corrected chi connectivity index (χ0v) is 11.0. The van der Waals surface area contributed by atoms with Crippen LogP contribution in [0.4, 0.5) is 4.39 Å². The molecule has 0 bridgehead atoms. The number of carboxylic acids is 1. The summed E-state index contributed by atoms with van der Waals surface area (Å²) in [5.41, 5.74) is 0.116. The molecule has 0 aliphatic rings. The maximum Gasteiger partial charge on any atom is 0.304 e. The van der Waals surface area contributed by atoms with E-state index in [2.05, 4.69) is 5.32 Å².